The fourth-order valence-electron chi connectivity index (χ4n) is 0.563. The van der Waals surface area contributed by atoms with Crippen LogP contribution < -0.4 is 0 Å². The number of hydrogen-bond donors (Lipinski definition) is 2. The number of hydrogen-bond acceptors (Lipinski definition) is 6. The maximum absolute atomic E-state index is 10.6. The Kier molecular flexibility index (Phi) is 10.6. The summed E-state index contributed by atoms with van der Waals surface area (Å²) < 4.78 is 8.81. The Morgan fingerprint density at radius 2 is 1.42 bits per heavy atom. The van der Waals surface area contributed by atoms with Gasteiger partial charge in [-0.25, -0.2) is 9.59 Å². The minimum absolute atomic E-state index is 0.288. The molecule has 6 heteroatoms. The number of carbonyl (C=O) groups is 2. The van der Waals surface area contributed by atoms with Crippen molar-refractivity contribution in [3.05, 3.63) is 24.3 Å². The Hall–Kier alpha value is -1.66. The van der Waals surface area contributed by atoms with Gasteiger partial charge in [-0.05, 0) is 20.8 Å². The van der Waals surface area contributed by atoms with E-state index in [0.717, 1.165) is 0 Å². The van der Waals surface area contributed by atoms with Crippen molar-refractivity contribution in [2.45, 2.75) is 46.7 Å². The zero-order valence-corrected chi connectivity index (χ0v) is 11.8. The summed E-state index contributed by atoms with van der Waals surface area (Å²) in [5.74, 6) is -1.11. The molecule has 0 saturated carbocycles. The lowest BCUT2D eigenvalue weighted by Gasteiger charge is -2.08. The van der Waals surface area contributed by atoms with E-state index in [0.29, 0.717) is 12.0 Å². The highest BCUT2D eigenvalue weighted by Gasteiger charge is 2.08. The zero-order valence-electron chi connectivity index (χ0n) is 11.8. The molecule has 0 heterocycles. The highest BCUT2D eigenvalue weighted by Crippen LogP contribution is 1.98. The van der Waals surface area contributed by atoms with E-state index in [1.54, 1.807) is 6.92 Å². The molecule has 0 amide bonds. The van der Waals surface area contributed by atoms with Crippen LogP contribution in [0.4, 0.5) is 0 Å². The minimum Gasteiger partial charge on any atom is -0.433 e. The SMILES string of the molecule is C=C(C)C(=O)OC(C)O.C=C(C)C(=O)OC(O)CC. The molecule has 0 aromatic rings. The van der Waals surface area contributed by atoms with Crippen LogP contribution in [0.5, 0.6) is 0 Å². The Balaban J connectivity index is 0. The van der Waals surface area contributed by atoms with Crippen molar-refractivity contribution >= 4 is 11.9 Å². The second kappa shape index (κ2) is 10.3. The molecule has 2 unspecified atom stereocenters. The fraction of sp³-hybridized carbons (Fsp3) is 0.538. The van der Waals surface area contributed by atoms with Crippen LogP contribution in [0.2, 0.25) is 0 Å². The van der Waals surface area contributed by atoms with Crippen molar-refractivity contribution in [3.63, 3.8) is 0 Å². The molecule has 0 aromatic heterocycles. The van der Waals surface area contributed by atoms with E-state index in [9.17, 15) is 9.59 Å². The number of rotatable bonds is 5. The Bertz CT molecular complexity index is 332. The minimum atomic E-state index is -1.05. The van der Waals surface area contributed by atoms with E-state index in [-0.39, 0.29) is 5.57 Å². The van der Waals surface area contributed by atoms with Gasteiger partial charge in [-0.15, -0.1) is 0 Å². The lowest BCUT2D eigenvalue weighted by molar-refractivity contribution is -0.163. The molecule has 0 fully saturated rings. The second-order valence-electron chi connectivity index (χ2n) is 3.83. The van der Waals surface area contributed by atoms with Gasteiger partial charge in [0.1, 0.15) is 0 Å². The second-order valence-corrected chi connectivity index (χ2v) is 3.83. The molecule has 2 N–H and O–H groups in total. The van der Waals surface area contributed by atoms with Gasteiger partial charge in [-0.1, -0.05) is 20.1 Å². The van der Waals surface area contributed by atoms with E-state index in [2.05, 4.69) is 22.6 Å². The van der Waals surface area contributed by atoms with Gasteiger partial charge >= 0.3 is 11.9 Å². The summed E-state index contributed by atoms with van der Waals surface area (Å²) in [6, 6.07) is 0. The third-order valence-electron chi connectivity index (χ3n) is 1.57. The Labute approximate surface area is 113 Å². The molecule has 0 rings (SSSR count). The standard InChI is InChI=1S/C7H12O3.C6H10O3/c1-4-6(8)10-7(9)5(2)3;1-4(2)6(8)9-5(3)7/h6,8H,2,4H2,1,3H3;5,7H,1H2,2-3H3. The van der Waals surface area contributed by atoms with Crippen LogP contribution in [0.1, 0.15) is 34.1 Å². The van der Waals surface area contributed by atoms with Crippen LogP contribution in [0.3, 0.4) is 0 Å². The predicted molar refractivity (Wildman–Crippen MR) is 69.8 cm³/mol. The van der Waals surface area contributed by atoms with Crippen molar-refractivity contribution in [3.8, 4) is 0 Å². The van der Waals surface area contributed by atoms with Crippen molar-refractivity contribution in [1.82, 2.24) is 0 Å². The van der Waals surface area contributed by atoms with E-state index in [1.165, 1.54) is 20.8 Å². The molecule has 19 heavy (non-hydrogen) atoms. The molecular weight excluding hydrogens is 252 g/mol. The van der Waals surface area contributed by atoms with Crippen molar-refractivity contribution < 1.29 is 29.3 Å². The number of ether oxygens (including phenoxy) is 2. The predicted octanol–water partition coefficient (Wildman–Crippen LogP) is 1.28. The summed E-state index contributed by atoms with van der Waals surface area (Å²) >= 11 is 0. The van der Waals surface area contributed by atoms with Gasteiger partial charge in [0.2, 0.25) is 6.29 Å². The quantitative estimate of drug-likeness (QED) is 0.445. The van der Waals surface area contributed by atoms with Crippen LogP contribution >= 0.6 is 0 Å². The fourth-order valence-corrected chi connectivity index (χ4v) is 0.563. The van der Waals surface area contributed by atoms with E-state index in [4.69, 9.17) is 10.2 Å². The molecule has 0 aliphatic carbocycles. The third kappa shape index (κ3) is 12.6. The molecule has 0 spiro atoms. The van der Waals surface area contributed by atoms with Crippen molar-refractivity contribution in [2.24, 2.45) is 0 Å². The summed E-state index contributed by atoms with van der Waals surface area (Å²) in [4.78, 5) is 21.1. The molecule has 0 bridgehead atoms. The summed E-state index contributed by atoms with van der Waals surface area (Å²) in [5, 5.41) is 17.3. The highest BCUT2D eigenvalue weighted by atomic mass is 16.6. The lowest BCUT2D eigenvalue weighted by atomic mass is 10.3. The van der Waals surface area contributed by atoms with Gasteiger partial charge in [-0.2, -0.15) is 0 Å². The average Bonchev–Trinajstić information content (AvgIpc) is 2.28. The van der Waals surface area contributed by atoms with E-state index < -0.39 is 24.5 Å². The number of aliphatic hydroxyl groups is 2. The molecular formula is C13H22O6. The van der Waals surface area contributed by atoms with Gasteiger partial charge in [0, 0.05) is 17.6 Å². The zero-order chi connectivity index (χ0) is 15.6. The first-order valence-electron chi connectivity index (χ1n) is 5.70. The van der Waals surface area contributed by atoms with Gasteiger partial charge in [0.05, 0.1) is 0 Å². The third-order valence-corrected chi connectivity index (χ3v) is 1.57. The first-order valence-corrected chi connectivity index (χ1v) is 5.70. The normalized spacial score (nSPS) is 12.3. The van der Waals surface area contributed by atoms with Crippen molar-refractivity contribution in [2.75, 3.05) is 0 Å². The maximum Gasteiger partial charge on any atom is 0.335 e. The number of carbonyl (C=O) groups excluding carboxylic acids is 2. The maximum atomic E-state index is 10.6. The van der Waals surface area contributed by atoms with E-state index in [1.807, 2.05) is 0 Å². The summed E-state index contributed by atoms with van der Waals surface area (Å²) in [6.07, 6.45) is -1.64. The molecule has 6 nitrogen and oxygen atoms in total. The smallest absolute Gasteiger partial charge is 0.335 e. The van der Waals surface area contributed by atoms with Gasteiger partial charge in [0.15, 0.2) is 6.29 Å². The summed E-state index contributed by atoms with van der Waals surface area (Å²) in [7, 11) is 0. The van der Waals surface area contributed by atoms with Crippen LogP contribution in [-0.2, 0) is 19.1 Å². The molecule has 0 aliphatic rings. The largest absolute Gasteiger partial charge is 0.433 e. The van der Waals surface area contributed by atoms with Crippen LogP contribution in [-0.4, -0.2) is 34.7 Å². The Morgan fingerprint density at radius 1 is 1.05 bits per heavy atom. The summed E-state index contributed by atoms with van der Waals surface area (Å²) in [6.45, 7) is 12.8. The number of aliphatic hydroxyl groups excluding tert-OH is 2. The van der Waals surface area contributed by atoms with Gasteiger partial charge < -0.3 is 19.7 Å². The Morgan fingerprint density at radius 3 is 1.63 bits per heavy atom. The molecule has 2 atom stereocenters. The summed E-state index contributed by atoms with van der Waals surface area (Å²) in [5.41, 5.74) is 0.586. The highest BCUT2D eigenvalue weighted by molar-refractivity contribution is 5.87. The van der Waals surface area contributed by atoms with Gasteiger partial charge in [-0.3, -0.25) is 0 Å². The van der Waals surface area contributed by atoms with Crippen molar-refractivity contribution in [1.29, 1.82) is 0 Å². The first kappa shape index (κ1) is 19.7. The first-order chi connectivity index (χ1) is 8.61. The molecule has 110 valence electrons. The molecule has 0 aromatic carbocycles. The molecule has 0 saturated heterocycles. The molecule has 0 aliphatic heterocycles. The number of esters is 2. The van der Waals surface area contributed by atoms with E-state index >= 15 is 0 Å². The van der Waals surface area contributed by atoms with Gasteiger partial charge in [0.25, 0.3) is 0 Å². The topological polar surface area (TPSA) is 93.1 Å². The average molecular weight is 274 g/mol. The van der Waals surface area contributed by atoms with Crippen LogP contribution in [0, 0.1) is 0 Å². The molecule has 0 radical (unpaired) electrons. The van der Waals surface area contributed by atoms with Crippen LogP contribution in [0.25, 0.3) is 0 Å². The lowest BCUT2D eigenvalue weighted by Crippen LogP contribution is -2.16. The monoisotopic (exact) mass is 274 g/mol. The van der Waals surface area contributed by atoms with Crippen LogP contribution in [0.15, 0.2) is 24.3 Å².